The number of methoxy groups -OCH3 is 2. The van der Waals surface area contributed by atoms with E-state index in [9.17, 15) is 4.79 Å². The summed E-state index contributed by atoms with van der Waals surface area (Å²) in [5.74, 6) is 2.15. The fourth-order valence-electron chi connectivity index (χ4n) is 1.17. The molecule has 1 aliphatic rings. The van der Waals surface area contributed by atoms with Crippen molar-refractivity contribution in [2.45, 2.75) is 0 Å². The van der Waals surface area contributed by atoms with Crippen molar-refractivity contribution in [1.29, 1.82) is 0 Å². The third-order valence-electron chi connectivity index (χ3n) is 1.90. The summed E-state index contributed by atoms with van der Waals surface area (Å²) in [6.45, 7) is 0. The van der Waals surface area contributed by atoms with Gasteiger partial charge in [0.2, 0.25) is 0 Å². The molecule has 0 aromatic heterocycles. The van der Waals surface area contributed by atoms with Gasteiger partial charge >= 0.3 is 0 Å². The maximum Gasteiger partial charge on any atom is 0.275 e. The summed E-state index contributed by atoms with van der Waals surface area (Å²) in [7, 11) is 3.03. The molecule has 3 nitrogen and oxygen atoms in total. The van der Waals surface area contributed by atoms with Gasteiger partial charge in [-0.25, -0.2) is 4.79 Å². The molecule has 1 atom stereocenters. The molecule has 0 saturated carbocycles. The Balaban J connectivity index is 2.87. The Labute approximate surface area is 83.0 Å². The second kappa shape index (κ2) is 5.10. The van der Waals surface area contributed by atoms with Gasteiger partial charge in [0.1, 0.15) is 5.94 Å². The van der Waals surface area contributed by atoms with Crippen LogP contribution < -0.4 is 0 Å². The topological polar surface area (TPSA) is 35.5 Å². The molecule has 1 aliphatic carbocycles. The van der Waals surface area contributed by atoms with Crippen molar-refractivity contribution in [2.24, 2.45) is 5.92 Å². The fourth-order valence-corrected chi connectivity index (χ4v) is 1.17. The highest BCUT2D eigenvalue weighted by molar-refractivity contribution is 5.61. The van der Waals surface area contributed by atoms with Crippen LogP contribution in [0.3, 0.4) is 0 Å². The lowest BCUT2D eigenvalue weighted by Gasteiger charge is -2.11. The first-order chi connectivity index (χ1) is 6.81. The lowest BCUT2D eigenvalue weighted by atomic mass is 9.96. The molecule has 74 valence electrons. The highest BCUT2D eigenvalue weighted by Crippen LogP contribution is 2.19. The molecule has 0 spiro atoms. The first-order valence-electron chi connectivity index (χ1n) is 4.21. The Hall–Kier alpha value is -1.73. The largest absolute Gasteiger partial charge is 0.469 e. The molecule has 0 aromatic rings. The van der Waals surface area contributed by atoms with Crippen LogP contribution in [0.5, 0.6) is 0 Å². The quantitative estimate of drug-likeness (QED) is 0.503. The van der Waals surface area contributed by atoms with Gasteiger partial charge in [0, 0.05) is 17.6 Å². The summed E-state index contributed by atoms with van der Waals surface area (Å²) in [6.07, 6.45) is 8.98. The van der Waals surface area contributed by atoms with E-state index in [-0.39, 0.29) is 5.92 Å². The van der Waals surface area contributed by atoms with Crippen molar-refractivity contribution in [3.63, 3.8) is 0 Å². The predicted molar refractivity (Wildman–Crippen MR) is 53.1 cm³/mol. The first-order valence-corrected chi connectivity index (χ1v) is 4.21. The van der Waals surface area contributed by atoms with E-state index in [1.807, 2.05) is 18.1 Å². The van der Waals surface area contributed by atoms with Crippen molar-refractivity contribution < 1.29 is 14.3 Å². The molecular weight excluding hydrogens is 180 g/mol. The highest BCUT2D eigenvalue weighted by atomic mass is 16.7. The Morgan fingerprint density at radius 2 is 2.14 bits per heavy atom. The van der Waals surface area contributed by atoms with Gasteiger partial charge in [0.05, 0.1) is 14.2 Å². The molecule has 14 heavy (non-hydrogen) atoms. The Kier molecular flexibility index (Phi) is 3.77. The molecule has 1 unspecified atom stereocenters. The maximum absolute atomic E-state index is 10.6. The predicted octanol–water partition coefficient (Wildman–Crippen LogP) is 1.62. The van der Waals surface area contributed by atoms with Gasteiger partial charge in [0.15, 0.2) is 0 Å². The summed E-state index contributed by atoms with van der Waals surface area (Å²) in [5.41, 5.74) is 0.569. The van der Waals surface area contributed by atoms with Crippen LogP contribution in [-0.2, 0) is 14.3 Å². The molecule has 0 fully saturated rings. The van der Waals surface area contributed by atoms with Gasteiger partial charge in [-0.05, 0) is 6.08 Å². The normalized spacial score (nSPS) is 18.7. The minimum absolute atomic E-state index is 0.118. The maximum atomic E-state index is 10.6. The summed E-state index contributed by atoms with van der Waals surface area (Å²) in [4.78, 5) is 10.6. The van der Waals surface area contributed by atoms with Crippen LogP contribution in [-0.4, -0.2) is 20.2 Å². The molecule has 3 heteroatoms. The van der Waals surface area contributed by atoms with Crippen LogP contribution in [0.1, 0.15) is 0 Å². The molecule has 0 aromatic carbocycles. The monoisotopic (exact) mass is 192 g/mol. The van der Waals surface area contributed by atoms with Crippen LogP contribution in [0, 0.1) is 5.92 Å². The lowest BCUT2D eigenvalue weighted by molar-refractivity contribution is 0.0933. The number of carbonyl (C=O) groups excluding carboxylic acids is 1. The van der Waals surface area contributed by atoms with E-state index in [0.717, 1.165) is 0 Å². The summed E-state index contributed by atoms with van der Waals surface area (Å²) in [5, 5.41) is 0. The SMILES string of the molecule is COC(=CC1C=CC=CC1=C=O)OC. The van der Waals surface area contributed by atoms with Crippen molar-refractivity contribution in [3.05, 3.63) is 41.9 Å². The average Bonchev–Trinajstić information content (AvgIpc) is 2.26. The third-order valence-corrected chi connectivity index (χ3v) is 1.90. The number of hydrogen-bond donors (Lipinski definition) is 0. The highest BCUT2D eigenvalue weighted by Gasteiger charge is 2.11. The van der Waals surface area contributed by atoms with Crippen LogP contribution >= 0.6 is 0 Å². The van der Waals surface area contributed by atoms with E-state index in [0.29, 0.717) is 11.5 Å². The summed E-state index contributed by atoms with van der Waals surface area (Å²) in [6, 6.07) is 0. The molecule has 0 amide bonds. The second-order valence-corrected chi connectivity index (χ2v) is 2.72. The van der Waals surface area contributed by atoms with Gasteiger partial charge in [-0.15, -0.1) is 0 Å². The smallest absolute Gasteiger partial charge is 0.275 e. The van der Waals surface area contributed by atoms with Crippen LogP contribution in [0.15, 0.2) is 41.9 Å². The fraction of sp³-hybridized carbons (Fsp3) is 0.273. The molecular formula is C11H12O3. The van der Waals surface area contributed by atoms with Crippen LogP contribution in [0.4, 0.5) is 0 Å². The molecule has 0 saturated heterocycles. The molecule has 0 bridgehead atoms. The molecule has 0 N–H and O–H groups in total. The first kappa shape index (κ1) is 10.4. The number of ether oxygens (including phenoxy) is 2. The second-order valence-electron chi connectivity index (χ2n) is 2.72. The molecule has 0 heterocycles. The van der Waals surface area contributed by atoms with Crippen molar-refractivity contribution in [2.75, 3.05) is 14.2 Å². The van der Waals surface area contributed by atoms with Gasteiger partial charge in [0.25, 0.3) is 5.95 Å². The summed E-state index contributed by atoms with van der Waals surface area (Å²) < 4.78 is 9.87. The third kappa shape index (κ3) is 2.38. The average molecular weight is 192 g/mol. The molecule has 0 radical (unpaired) electrons. The zero-order valence-electron chi connectivity index (χ0n) is 8.19. The Bertz CT molecular complexity index is 324. The molecule has 1 rings (SSSR count). The zero-order chi connectivity index (χ0) is 10.4. The van der Waals surface area contributed by atoms with Gasteiger partial charge < -0.3 is 9.47 Å². The number of allylic oxidation sites excluding steroid dienone is 6. The van der Waals surface area contributed by atoms with E-state index >= 15 is 0 Å². The standard InChI is InChI=1S/C11H12O3/c1-13-11(14-2)7-9-5-3-4-6-10(9)8-12/h3-7,9H,1-2H3. The van der Waals surface area contributed by atoms with E-state index in [1.54, 1.807) is 18.2 Å². The van der Waals surface area contributed by atoms with Gasteiger partial charge in [-0.1, -0.05) is 18.2 Å². The number of hydrogen-bond acceptors (Lipinski definition) is 3. The Morgan fingerprint density at radius 1 is 1.43 bits per heavy atom. The van der Waals surface area contributed by atoms with Crippen molar-refractivity contribution in [3.8, 4) is 0 Å². The minimum Gasteiger partial charge on any atom is -0.469 e. The number of rotatable bonds is 3. The van der Waals surface area contributed by atoms with Crippen LogP contribution in [0.25, 0.3) is 0 Å². The van der Waals surface area contributed by atoms with E-state index in [4.69, 9.17) is 9.47 Å². The molecule has 0 aliphatic heterocycles. The van der Waals surface area contributed by atoms with Crippen molar-refractivity contribution >= 4 is 5.94 Å². The zero-order valence-corrected chi connectivity index (χ0v) is 8.19. The minimum atomic E-state index is -0.118. The van der Waals surface area contributed by atoms with Gasteiger partial charge in [-0.3, -0.25) is 0 Å². The van der Waals surface area contributed by atoms with Crippen molar-refractivity contribution in [1.82, 2.24) is 0 Å². The van der Waals surface area contributed by atoms with Crippen LogP contribution in [0.2, 0.25) is 0 Å². The van der Waals surface area contributed by atoms with E-state index in [2.05, 4.69) is 0 Å². The summed E-state index contributed by atoms with van der Waals surface area (Å²) >= 11 is 0. The Morgan fingerprint density at radius 3 is 2.71 bits per heavy atom. The van der Waals surface area contributed by atoms with Gasteiger partial charge in [-0.2, -0.15) is 0 Å². The van der Waals surface area contributed by atoms with E-state index < -0.39 is 0 Å². The van der Waals surface area contributed by atoms with E-state index in [1.165, 1.54) is 14.2 Å². The lowest BCUT2D eigenvalue weighted by Crippen LogP contribution is -2.02.